The Kier molecular flexibility index (Phi) is 3.00. The number of nitrogens with two attached hydrogens (primary N) is 1. The lowest BCUT2D eigenvalue weighted by Gasteiger charge is -2.04. The van der Waals surface area contributed by atoms with Gasteiger partial charge in [-0.1, -0.05) is 0 Å². The molecule has 2 heterocycles. The molecule has 1 amide bonds. The molecule has 2 aromatic heterocycles. The topological polar surface area (TPSA) is 80.9 Å². The van der Waals surface area contributed by atoms with Crippen LogP contribution in [0.1, 0.15) is 16.1 Å². The lowest BCUT2D eigenvalue weighted by molar-refractivity contribution is 0.102. The van der Waals surface area contributed by atoms with E-state index in [0.29, 0.717) is 17.2 Å². The van der Waals surface area contributed by atoms with Gasteiger partial charge in [-0.25, -0.2) is 9.97 Å². The monoisotopic (exact) mass is 228 g/mol. The maximum atomic E-state index is 11.8. The summed E-state index contributed by atoms with van der Waals surface area (Å²) in [5.74, 6) is 0.205. The molecule has 5 heteroatoms. The van der Waals surface area contributed by atoms with Crippen LogP contribution >= 0.6 is 0 Å². The molecule has 17 heavy (non-hydrogen) atoms. The van der Waals surface area contributed by atoms with Crippen LogP contribution in [-0.4, -0.2) is 15.9 Å². The first-order valence-corrected chi connectivity index (χ1v) is 5.11. The average molecular weight is 228 g/mol. The van der Waals surface area contributed by atoms with Crippen molar-refractivity contribution < 1.29 is 4.79 Å². The SMILES string of the molecule is Cc1ccnc(NC(=O)c2ccc(N)cn2)c1. The van der Waals surface area contributed by atoms with E-state index in [1.165, 1.54) is 6.20 Å². The standard InChI is InChI=1S/C12H12N4O/c1-8-4-5-14-11(6-8)16-12(17)10-3-2-9(13)7-15-10/h2-7H,13H2,1H3,(H,14,16,17). The van der Waals surface area contributed by atoms with Gasteiger partial charge in [0.1, 0.15) is 11.5 Å². The third-order valence-electron chi connectivity index (χ3n) is 2.18. The molecule has 0 aromatic carbocycles. The van der Waals surface area contributed by atoms with Crippen LogP contribution in [0.2, 0.25) is 0 Å². The minimum Gasteiger partial charge on any atom is -0.397 e. The lowest BCUT2D eigenvalue weighted by atomic mass is 10.3. The number of nitrogen functional groups attached to an aromatic ring is 1. The highest BCUT2D eigenvalue weighted by atomic mass is 16.1. The smallest absolute Gasteiger partial charge is 0.275 e. The highest BCUT2D eigenvalue weighted by Crippen LogP contribution is 2.08. The second kappa shape index (κ2) is 4.61. The lowest BCUT2D eigenvalue weighted by Crippen LogP contribution is -2.14. The van der Waals surface area contributed by atoms with Crippen molar-refractivity contribution in [1.82, 2.24) is 9.97 Å². The van der Waals surface area contributed by atoms with Crippen molar-refractivity contribution in [1.29, 1.82) is 0 Å². The number of anilines is 2. The predicted octanol–water partition coefficient (Wildman–Crippen LogP) is 1.62. The molecule has 0 atom stereocenters. The molecule has 0 saturated carbocycles. The summed E-state index contributed by atoms with van der Waals surface area (Å²) in [6.45, 7) is 1.93. The number of hydrogen-bond acceptors (Lipinski definition) is 4. The zero-order chi connectivity index (χ0) is 12.3. The van der Waals surface area contributed by atoms with Crippen molar-refractivity contribution in [3.8, 4) is 0 Å². The fourth-order valence-electron chi connectivity index (χ4n) is 1.32. The minimum atomic E-state index is -0.303. The molecular weight excluding hydrogens is 216 g/mol. The van der Waals surface area contributed by atoms with E-state index in [2.05, 4.69) is 15.3 Å². The first-order chi connectivity index (χ1) is 8.15. The van der Waals surface area contributed by atoms with Crippen LogP contribution in [0.5, 0.6) is 0 Å². The summed E-state index contributed by atoms with van der Waals surface area (Å²) in [5, 5.41) is 2.67. The Balaban J connectivity index is 2.14. The molecule has 0 saturated heterocycles. The van der Waals surface area contributed by atoms with Crippen LogP contribution in [0.25, 0.3) is 0 Å². The summed E-state index contributed by atoms with van der Waals surface area (Å²) in [5.41, 5.74) is 7.35. The van der Waals surface area contributed by atoms with E-state index < -0.39 is 0 Å². The molecule has 5 nitrogen and oxygen atoms in total. The van der Waals surface area contributed by atoms with E-state index in [0.717, 1.165) is 5.56 Å². The van der Waals surface area contributed by atoms with Crippen molar-refractivity contribution in [3.63, 3.8) is 0 Å². The molecule has 0 radical (unpaired) electrons. The van der Waals surface area contributed by atoms with Gasteiger partial charge in [0.2, 0.25) is 0 Å². The molecule has 0 aliphatic heterocycles. The number of aryl methyl sites for hydroxylation is 1. The van der Waals surface area contributed by atoms with Gasteiger partial charge in [-0.2, -0.15) is 0 Å². The van der Waals surface area contributed by atoms with Crippen molar-refractivity contribution in [2.45, 2.75) is 6.92 Å². The second-order valence-corrected chi connectivity index (χ2v) is 3.65. The molecule has 0 fully saturated rings. The highest BCUT2D eigenvalue weighted by molar-refractivity contribution is 6.02. The molecule has 0 aliphatic rings. The van der Waals surface area contributed by atoms with Crippen LogP contribution in [0, 0.1) is 6.92 Å². The summed E-state index contributed by atoms with van der Waals surface area (Å²) in [6.07, 6.45) is 3.08. The van der Waals surface area contributed by atoms with E-state index in [1.54, 1.807) is 24.4 Å². The Morgan fingerprint density at radius 1 is 1.29 bits per heavy atom. The molecule has 0 unspecified atom stereocenters. The van der Waals surface area contributed by atoms with E-state index in [9.17, 15) is 4.79 Å². The Morgan fingerprint density at radius 2 is 2.12 bits per heavy atom. The summed E-state index contributed by atoms with van der Waals surface area (Å²) in [7, 11) is 0. The third-order valence-corrected chi connectivity index (χ3v) is 2.18. The summed E-state index contributed by atoms with van der Waals surface area (Å²) >= 11 is 0. The Labute approximate surface area is 98.7 Å². The van der Waals surface area contributed by atoms with Gasteiger partial charge in [-0.05, 0) is 36.8 Å². The van der Waals surface area contributed by atoms with Gasteiger partial charge < -0.3 is 11.1 Å². The predicted molar refractivity (Wildman–Crippen MR) is 65.6 cm³/mol. The first-order valence-electron chi connectivity index (χ1n) is 5.11. The zero-order valence-corrected chi connectivity index (χ0v) is 9.34. The first kappa shape index (κ1) is 11.1. The number of aromatic nitrogens is 2. The summed E-state index contributed by atoms with van der Waals surface area (Å²) in [4.78, 5) is 19.8. The van der Waals surface area contributed by atoms with Gasteiger partial charge in [0, 0.05) is 6.20 Å². The van der Waals surface area contributed by atoms with E-state index in [4.69, 9.17) is 5.73 Å². The number of nitrogens with one attached hydrogen (secondary N) is 1. The Bertz CT molecular complexity index is 536. The summed E-state index contributed by atoms with van der Waals surface area (Å²) < 4.78 is 0. The van der Waals surface area contributed by atoms with E-state index in [1.807, 2.05) is 13.0 Å². The largest absolute Gasteiger partial charge is 0.397 e. The zero-order valence-electron chi connectivity index (χ0n) is 9.34. The number of rotatable bonds is 2. The number of amides is 1. The maximum absolute atomic E-state index is 11.8. The molecule has 3 N–H and O–H groups in total. The molecule has 2 aromatic rings. The number of pyridine rings is 2. The minimum absolute atomic E-state index is 0.303. The Morgan fingerprint density at radius 3 is 2.76 bits per heavy atom. The molecule has 2 rings (SSSR count). The van der Waals surface area contributed by atoms with Crippen LogP contribution in [-0.2, 0) is 0 Å². The highest BCUT2D eigenvalue weighted by Gasteiger charge is 2.07. The number of nitrogens with zero attached hydrogens (tertiary/aromatic N) is 2. The molecule has 0 spiro atoms. The third kappa shape index (κ3) is 2.78. The van der Waals surface area contributed by atoms with Crippen LogP contribution in [0.3, 0.4) is 0 Å². The van der Waals surface area contributed by atoms with Gasteiger partial charge >= 0.3 is 0 Å². The van der Waals surface area contributed by atoms with E-state index >= 15 is 0 Å². The van der Waals surface area contributed by atoms with Crippen LogP contribution < -0.4 is 11.1 Å². The van der Waals surface area contributed by atoms with Gasteiger partial charge in [-0.3, -0.25) is 4.79 Å². The average Bonchev–Trinajstić information content (AvgIpc) is 2.29. The number of carbonyl (C=O) groups is 1. The van der Waals surface area contributed by atoms with Gasteiger partial charge in [-0.15, -0.1) is 0 Å². The number of hydrogen-bond donors (Lipinski definition) is 2. The van der Waals surface area contributed by atoms with Gasteiger partial charge in [0.15, 0.2) is 0 Å². The quantitative estimate of drug-likeness (QED) is 0.818. The maximum Gasteiger partial charge on any atom is 0.275 e. The van der Waals surface area contributed by atoms with Gasteiger partial charge in [0.25, 0.3) is 5.91 Å². The normalized spacial score (nSPS) is 9.94. The van der Waals surface area contributed by atoms with Gasteiger partial charge in [0.05, 0.1) is 11.9 Å². The van der Waals surface area contributed by atoms with E-state index in [-0.39, 0.29) is 5.91 Å². The van der Waals surface area contributed by atoms with Crippen LogP contribution in [0.4, 0.5) is 11.5 Å². The number of carbonyl (C=O) groups excluding carboxylic acids is 1. The van der Waals surface area contributed by atoms with Crippen LogP contribution in [0.15, 0.2) is 36.7 Å². The molecule has 0 bridgehead atoms. The second-order valence-electron chi connectivity index (χ2n) is 3.65. The van der Waals surface area contributed by atoms with Crippen molar-refractivity contribution in [2.75, 3.05) is 11.1 Å². The van der Waals surface area contributed by atoms with Crippen molar-refractivity contribution >= 4 is 17.4 Å². The van der Waals surface area contributed by atoms with Crippen molar-refractivity contribution in [2.24, 2.45) is 0 Å². The fourth-order valence-corrected chi connectivity index (χ4v) is 1.32. The summed E-state index contributed by atoms with van der Waals surface area (Å²) in [6, 6.07) is 6.85. The van der Waals surface area contributed by atoms with Crippen molar-refractivity contribution in [3.05, 3.63) is 47.9 Å². The Hall–Kier alpha value is -2.43. The fraction of sp³-hybridized carbons (Fsp3) is 0.0833. The molecule has 0 aliphatic carbocycles. The molecule has 86 valence electrons. The molecular formula is C12H12N4O.